The highest BCUT2D eigenvalue weighted by Gasteiger charge is 2.27. The van der Waals surface area contributed by atoms with Crippen molar-refractivity contribution >= 4 is 11.8 Å². The smallest absolute Gasteiger partial charge is 0.257 e. The van der Waals surface area contributed by atoms with E-state index in [1.165, 1.54) is 0 Å². The number of rotatable bonds is 3. The molecule has 1 N–H and O–H groups in total. The molecule has 1 aliphatic rings. The highest BCUT2D eigenvalue weighted by Crippen LogP contribution is 2.26. The average Bonchev–Trinajstić information content (AvgIpc) is 2.77. The van der Waals surface area contributed by atoms with E-state index in [4.69, 9.17) is 4.74 Å². The first-order valence-electron chi connectivity index (χ1n) is 8.05. The molecule has 5 heteroatoms. The highest BCUT2D eigenvalue weighted by molar-refractivity contribution is 5.97. The summed E-state index contributed by atoms with van der Waals surface area (Å²) >= 11 is 0. The lowest BCUT2D eigenvalue weighted by Gasteiger charge is -2.27. The van der Waals surface area contributed by atoms with Crippen LogP contribution in [0.4, 0.5) is 0 Å². The van der Waals surface area contributed by atoms with E-state index in [0.717, 1.165) is 0 Å². The monoisotopic (exact) mass is 324 g/mol. The molecule has 0 radical (unpaired) electrons. The zero-order valence-corrected chi connectivity index (χ0v) is 13.6. The summed E-state index contributed by atoms with van der Waals surface area (Å²) in [4.78, 5) is 26.3. The maximum Gasteiger partial charge on any atom is 0.257 e. The largest absolute Gasteiger partial charge is 0.457 e. The number of para-hydroxylation sites is 2. The van der Waals surface area contributed by atoms with E-state index in [1.54, 1.807) is 17.0 Å². The predicted molar refractivity (Wildman–Crippen MR) is 91.1 cm³/mol. The van der Waals surface area contributed by atoms with Gasteiger partial charge in [-0.15, -0.1) is 0 Å². The van der Waals surface area contributed by atoms with Gasteiger partial charge in [0.2, 0.25) is 5.91 Å². The molecule has 2 aromatic carbocycles. The summed E-state index contributed by atoms with van der Waals surface area (Å²) in [5.41, 5.74) is 0.502. The van der Waals surface area contributed by atoms with E-state index in [1.807, 2.05) is 49.4 Å². The van der Waals surface area contributed by atoms with Gasteiger partial charge in [-0.25, -0.2) is 0 Å². The van der Waals surface area contributed by atoms with E-state index < -0.39 is 0 Å². The minimum absolute atomic E-state index is 0.0222. The lowest BCUT2D eigenvalue weighted by atomic mass is 10.1. The second-order valence-corrected chi connectivity index (χ2v) is 5.81. The molecule has 0 unspecified atom stereocenters. The summed E-state index contributed by atoms with van der Waals surface area (Å²) in [6.07, 6.45) is 0.317. The molecule has 0 spiro atoms. The Kier molecular flexibility index (Phi) is 4.79. The number of carbonyl (C=O) groups excluding carboxylic acids is 2. The third-order valence-corrected chi connectivity index (χ3v) is 4.06. The van der Waals surface area contributed by atoms with E-state index in [0.29, 0.717) is 36.6 Å². The number of hydrogen-bond donors (Lipinski definition) is 1. The Hall–Kier alpha value is -2.82. The molecular formula is C19H20N2O3. The van der Waals surface area contributed by atoms with Gasteiger partial charge in [-0.1, -0.05) is 30.3 Å². The van der Waals surface area contributed by atoms with E-state index in [2.05, 4.69) is 5.32 Å². The summed E-state index contributed by atoms with van der Waals surface area (Å²) in [6, 6.07) is 16.5. The van der Waals surface area contributed by atoms with Gasteiger partial charge in [-0.3, -0.25) is 9.59 Å². The quantitative estimate of drug-likeness (QED) is 0.944. The van der Waals surface area contributed by atoms with Crippen LogP contribution >= 0.6 is 0 Å². The second kappa shape index (κ2) is 7.17. The second-order valence-electron chi connectivity index (χ2n) is 5.81. The van der Waals surface area contributed by atoms with Crippen LogP contribution in [-0.2, 0) is 4.79 Å². The minimum Gasteiger partial charge on any atom is -0.457 e. The first-order valence-corrected chi connectivity index (χ1v) is 8.05. The first kappa shape index (κ1) is 16.1. The Morgan fingerprint density at radius 2 is 1.83 bits per heavy atom. The summed E-state index contributed by atoms with van der Waals surface area (Å²) in [7, 11) is 0. The molecule has 1 saturated heterocycles. The van der Waals surface area contributed by atoms with Gasteiger partial charge in [0, 0.05) is 25.6 Å². The van der Waals surface area contributed by atoms with Crippen molar-refractivity contribution in [2.24, 2.45) is 0 Å². The van der Waals surface area contributed by atoms with Crippen molar-refractivity contribution in [2.75, 3.05) is 13.1 Å². The summed E-state index contributed by atoms with van der Waals surface area (Å²) in [5, 5.41) is 2.82. The van der Waals surface area contributed by atoms with Crippen LogP contribution in [0, 0.1) is 0 Å². The molecular weight excluding hydrogens is 304 g/mol. The van der Waals surface area contributed by atoms with Crippen LogP contribution in [-0.4, -0.2) is 35.8 Å². The average molecular weight is 324 g/mol. The van der Waals surface area contributed by atoms with Crippen LogP contribution in [0.25, 0.3) is 0 Å². The lowest BCUT2D eigenvalue weighted by Crippen LogP contribution is -2.41. The van der Waals surface area contributed by atoms with Crippen molar-refractivity contribution in [1.29, 1.82) is 0 Å². The molecule has 0 bridgehead atoms. The molecule has 1 fully saturated rings. The third kappa shape index (κ3) is 3.56. The van der Waals surface area contributed by atoms with Crippen LogP contribution in [0.2, 0.25) is 0 Å². The fourth-order valence-corrected chi connectivity index (χ4v) is 2.71. The number of amides is 2. The van der Waals surface area contributed by atoms with Crippen LogP contribution in [0.3, 0.4) is 0 Å². The van der Waals surface area contributed by atoms with Crippen LogP contribution < -0.4 is 10.1 Å². The van der Waals surface area contributed by atoms with Crippen molar-refractivity contribution in [3.8, 4) is 11.5 Å². The molecule has 3 rings (SSSR count). The van der Waals surface area contributed by atoms with Gasteiger partial charge < -0.3 is 15.0 Å². The third-order valence-electron chi connectivity index (χ3n) is 4.06. The van der Waals surface area contributed by atoms with Gasteiger partial charge in [-0.05, 0) is 31.2 Å². The molecule has 0 aliphatic carbocycles. The number of benzene rings is 2. The number of nitrogens with zero attached hydrogens (tertiary/aromatic N) is 1. The highest BCUT2D eigenvalue weighted by atomic mass is 16.5. The molecule has 1 atom stereocenters. The fourth-order valence-electron chi connectivity index (χ4n) is 2.71. The predicted octanol–water partition coefficient (Wildman–Crippen LogP) is 2.83. The number of carbonyl (C=O) groups is 2. The SMILES string of the molecule is C[C@H]1CNC(=O)CCN1C(=O)c1ccccc1Oc1ccccc1. The van der Waals surface area contributed by atoms with Crippen LogP contribution in [0.5, 0.6) is 11.5 Å². The van der Waals surface area contributed by atoms with Gasteiger partial charge in [0.05, 0.1) is 5.56 Å². The topological polar surface area (TPSA) is 58.6 Å². The van der Waals surface area contributed by atoms with E-state index in [-0.39, 0.29) is 17.9 Å². The molecule has 5 nitrogen and oxygen atoms in total. The Morgan fingerprint density at radius 3 is 2.62 bits per heavy atom. The Morgan fingerprint density at radius 1 is 1.12 bits per heavy atom. The lowest BCUT2D eigenvalue weighted by molar-refractivity contribution is -0.120. The van der Waals surface area contributed by atoms with Crippen LogP contribution in [0.15, 0.2) is 54.6 Å². The Labute approximate surface area is 141 Å². The number of nitrogens with one attached hydrogen (secondary N) is 1. The Bertz CT molecular complexity index is 730. The van der Waals surface area contributed by atoms with Gasteiger partial charge in [0.15, 0.2) is 0 Å². The molecule has 2 aromatic rings. The van der Waals surface area contributed by atoms with Crippen molar-refractivity contribution in [3.05, 3.63) is 60.2 Å². The normalized spacial score (nSPS) is 17.8. The molecule has 24 heavy (non-hydrogen) atoms. The molecule has 1 heterocycles. The van der Waals surface area contributed by atoms with Crippen molar-refractivity contribution in [1.82, 2.24) is 10.2 Å². The van der Waals surface area contributed by atoms with Gasteiger partial charge in [0.25, 0.3) is 5.91 Å². The maximum atomic E-state index is 13.0. The zero-order chi connectivity index (χ0) is 16.9. The van der Waals surface area contributed by atoms with Crippen molar-refractivity contribution in [2.45, 2.75) is 19.4 Å². The van der Waals surface area contributed by atoms with Gasteiger partial charge in [0.1, 0.15) is 11.5 Å². The summed E-state index contributed by atoms with van der Waals surface area (Å²) in [6.45, 7) is 2.81. The molecule has 0 saturated carbocycles. The fraction of sp³-hybridized carbons (Fsp3) is 0.263. The maximum absolute atomic E-state index is 13.0. The summed E-state index contributed by atoms with van der Waals surface area (Å²) in [5.74, 6) is 1.06. The standard InChI is InChI=1S/C19H20N2O3/c1-14-13-20-18(22)11-12-21(14)19(23)16-9-5-6-10-17(16)24-15-7-3-2-4-8-15/h2-10,14H,11-13H2,1H3,(H,20,22)/t14-/m0/s1. The number of hydrogen-bond acceptors (Lipinski definition) is 3. The van der Waals surface area contributed by atoms with Gasteiger partial charge >= 0.3 is 0 Å². The zero-order valence-electron chi connectivity index (χ0n) is 13.6. The first-order chi connectivity index (χ1) is 11.6. The summed E-state index contributed by atoms with van der Waals surface area (Å²) < 4.78 is 5.88. The number of ether oxygens (including phenoxy) is 1. The minimum atomic E-state index is -0.120. The molecule has 124 valence electrons. The van der Waals surface area contributed by atoms with Gasteiger partial charge in [-0.2, -0.15) is 0 Å². The molecule has 1 aliphatic heterocycles. The van der Waals surface area contributed by atoms with Crippen molar-refractivity contribution < 1.29 is 14.3 Å². The van der Waals surface area contributed by atoms with E-state index in [9.17, 15) is 9.59 Å². The Balaban J connectivity index is 1.86. The van der Waals surface area contributed by atoms with Crippen LogP contribution in [0.1, 0.15) is 23.7 Å². The van der Waals surface area contributed by atoms with E-state index >= 15 is 0 Å². The van der Waals surface area contributed by atoms with Crippen molar-refractivity contribution in [3.63, 3.8) is 0 Å². The molecule has 2 amide bonds. The molecule has 0 aromatic heterocycles.